The van der Waals surface area contributed by atoms with Gasteiger partial charge in [-0.2, -0.15) is 5.10 Å². The summed E-state index contributed by atoms with van der Waals surface area (Å²) >= 11 is 0. The molecule has 2 amide bonds. The number of nitrogens with one attached hydrogen (secondary N) is 1. The lowest BCUT2D eigenvalue weighted by Gasteiger charge is -2.07. The molecule has 7 heteroatoms. The molecule has 33 heavy (non-hydrogen) atoms. The molecule has 0 saturated heterocycles. The molecule has 3 aromatic carbocycles. The van der Waals surface area contributed by atoms with Crippen LogP contribution in [0.25, 0.3) is 16.9 Å². The molecule has 0 bridgehead atoms. The molecular formula is C26H24N4O3. The van der Waals surface area contributed by atoms with Crippen LogP contribution in [0.3, 0.4) is 0 Å². The van der Waals surface area contributed by atoms with Crippen molar-refractivity contribution in [3.05, 3.63) is 95.7 Å². The van der Waals surface area contributed by atoms with E-state index in [4.69, 9.17) is 15.6 Å². The number of anilines is 1. The van der Waals surface area contributed by atoms with Gasteiger partial charge in [0.25, 0.3) is 5.91 Å². The summed E-state index contributed by atoms with van der Waals surface area (Å²) in [6.45, 7) is 2.02. The zero-order chi connectivity index (χ0) is 23.4. The van der Waals surface area contributed by atoms with Crippen LogP contribution in [0.5, 0.6) is 5.75 Å². The van der Waals surface area contributed by atoms with E-state index in [0.717, 1.165) is 22.4 Å². The lowest BCUT2D eigenvalue weighted by molar-refractivity contribution is -0.117. The second-order valence-electron chi connectivity index (χ2n) is 7.70. The molecule has 0 fully saturated rings. The minimum Gasteiger partial charge on any atom is -0.497 e. The lowest BCUT2D eigenvalue weighted by Crippen LogP contribution is -2.14. The number of methoxy groups -OCH3 is 1. The summed E-state index contributed by atoms with van der Waals surface area (Å²) in [5.74, 6) is -0.0270. The molecule has 0 spiro atoms. The van der Waals surface area contributed by atoms with Crippen molar-refractivity contribution in [3.63, 3.8) is 0 Å². The minimum atomic E-state index is -0.404. The predicted molar refractivity (Wildman–Crippen MR) is 128 cm³/mol. The van der Waals surface area contributed by atoms with E-state index in [9.17, 15) is 9.59 Å². The standard InChI is InChI=1S/C26H24N4O3/c1-17-6-12-21(13-7-17)30-16-23(25(29-30)19-4-3-5-22(15-19)33-2)26(32)28-20-10-8-18(9-11-20)14-24(27)31/h3-13,15-16H,14H2,1-2H3,(H2,27,31)(H,28,32). The van der Waals surface area contributed by atoms with Crippen LogP contribution in [-0.2, 0) is 11.2 Å². The van der Waals surface area contributed by atoms with Crippen molar-refractivity contribution >= 4 is 17.5 Å². The molecule has 0 atom stereocenters. The van der Waals surface area contributed by atoms with Crippen LogP contribution < -0.4 is 15.8 Å². The number of amides is 2. The highest BCUT2D eigenvalue weighted by atomic mass is 16.5. The second-order valence-corrected chi connectivity index (χ2v) is 7.70. The molecule has 3 N–H and O–H groups in total. The van der Waals surface area contributed by atoms with E-state index in [1.165, 1.54) is 0 Å². The van der Waals surface area contributed by atoms with Gasteiger partial charge in [-0.25, -0.2) is 4.68 Å². The minimum absolute atomic E-state index is 0.150. The molecular weight excluding hydrogens is 416 g/mol. The van der Waals surface area contributed by atoms with Crippen molar-refractivity contribution in [1.82, 2.24) is 9.78 Å². The van der Waals surface area contributed by atoms with Gasteiger partial charge in [-0.15, -0.1) is 0 Å². The van der Waals surface area contributed by atoms with Crippen LogP contribution in [0.4, 0.5) is 5.69 Å². The summed E-state index contributed by atoms with van der Waals surface area (Å²) in [5, 5.41) is 7.63. The van der Waals surface area contributed by atoms with Gasteiger partial charge in [0.05, 0.1) is 24.8 Å². The van der Waals surface area contributed by atoms with Gasteiger partial charge in [0.2, 0.25) is 5.91 Å². The van der Waals surface area contributed by atoms with E-state index in [1.54, 1.807) is 42.3 Å². The number of primary amides is 1. The van der Waals surface area contributed by atoms with Gasteiger partial charge in [0.15, 0.2) is 0 Å². The maximum absolute atomic E-state index is 13.3. The van der Waals surface area contributed by atoms with Crippen LogP contribution in [0, 0.1) is 6.92 Å². The Morgan fingerprint density at radius 1 is 1.03 bits per heavy atom. The Morgan fingerprint density at radius 3 is 2.42 bits per heavy atom. The van der Waals surface area contributed by atoms with Crippen LogP contribution in [0.1, 0.15) is 21.5 Å². The highest BCUT2D eigenvalue weighted by molar-refractivity contribution is 6.08. The van der Waals surface area contributed by atoms with Gasteiger partial charge in [-0.1, -0.05) is 42.0 Å². The normalized spacial score (nSPS) is 10.6. The van der Waals surface area contributed by atoms with Crippen molar-refractivity contribution in [2.24, 2.45) is 5.73 Å². The van der Waals surface area contributed by atoms with Gasteiger partial charge in [-0.3, -0.25) is 9.59 Å². The number of nitrogens with two attached hydrogens (primary N) is 1. The molecule has 4 rings (SSSR count). The molecule has 0 unspecified atom stereocenters. The zero-order valence-corrected chi connectivity index (χ0v) is 18.4. The predicted octanol–water partition coefficient (Wildman–Crippen LogP) is 4.14. The molecule has 7 nitrogen and oxygen atoms in total. The Morgan fingerprint density at radius 2 is 1.76 bits per heavy atom. The first-order valence-electron chi connectivity index (χ1n) is 10.4. The van der Waals surface area contributed by atoms with Gasteiger partial charge < -0.3 is 15.8 Å². The summed E-state index contributed by atoms with van der Waals surface area (Å²) in [5.41, 5.74) is 10.3. The number of benzene rings is 3. The SMILES string of the molecule is COc1cccc(-c2nn(-c3ccc(C)cc3)cc2C(=O)Nc2ccc(CC(N)=O)cc2)c1. The van der Waals surface area contributed by atoms with Gasteiger partial charge >= 0.3 is 0 Å². The molecule has 166 valence electrons. The Bertz CT molecular complexity index is 1290. The first-order valence-corrected chi connectivity index (χ1v) is 10.4. The Kier molecular flexibility index (Phi) is 6.22. The monoisotopic (exact) mass is 440 g/mol. The Hall–Kier alpha value is -4.39. The molecule has 1 aromatic heterocycles. The third-order valence-corrected chi connectivity index (χ3v) is 5.19. The van der Waals surface area contributed by atoms with E-state index in [0.29, 0.717) is 22.7 Å². The van der Waals surface area contributed by atoms with Gasteiger partial charge in [0, 0.05) is 17.4 Å². The molecule has 0 saturated carbocycles. The number of aromatic nitrogens is 2. The van der Waals surface area contributed by atoms with E-state index < -0.39 is 5.91 Å². The molecule has 0 aliphatic carbocycles. The third kappa shape index (κ3) is 5.10. The van der Waals surface area contributed by atoms with Crippen molar-refractivity contribution in [1.29, 1.82) is 0 Å². The highest BCUT2D eigenvalue weighted by Gasteiger charge is 2.19. The number of nitrogens with zero attached hydrogens (tertiary/aromatic N) is 2. The maximum Gasteiger partial charge on any atom is 0.259 e. The van der Waals surface area contributed by atoms with Crippen LogP contribution in [0.15, 0.2) is 79.0 Å². The lowest BCUT2D eigenvalue weighted by atomic mass is 10.1. The molecule has 0 radical (unpaired) electrons. The zero-order valence-electron chi connectivity index (χ0n) is 18.4. The van der Waals surface area contributed by atoms with Crippen LogP contribution in [0.2, 0.25) is 0 Å². The summed E-state index contributed by atoms with van der Waals surface area (Å²) < 4.78 is 7.04. The van der Waals surface area contributed by atoms with Crippen molar-refractivity contribution in [2.45, 2.75) is 13.3 Å². The fourth-order valence-electron chi connectivity index (χ4n) is 3.46. The van der Waals surface area contributed by atoms with Crippen LogP contribution in [-0.4, -0.2) is 28.7 Å². The number of carbonyl (C=O) groups excluding carboxylic acids is 2. The van der Waals surface area contributed by atoms with Gasteiger partial charge in [0.1, 0.15) is 11.4 Å². The number of aryl methyl sites for hydroxylation is 1. The largest absolute Gasteiger partial charge is 0.497 e. The van der Waals surface area contributed by atoms with E-state index in [1.807, 2.05) is 55.5 Å². The quantitative estimate of drug-likeness (QED) is 0.451. The van der Waals surface area contributed by atoms with E-state index in [2.05, 4.69) is 5.32 Å². The Labute approximate surface area is 191 Å². The van der Waals surface area contributed by atoms with Crippen molar-refractivity contribution < 1.29 is 14.3 Å². The maximum atomic E-state index is 13.3. The first kappa shape index (κ1) is 21.8. The average molecular weight is 441 g/mol. The smallest absolute Gasteiger partial charge is 0.259 e. The average Bonchev–Trinajstić information content (AvgIpc) is 3.26. The fraction of sp³-hybridized carbons (Fsp3) is 0.115. The fourth-order valence-corrected chi connectivity index (χ4v) is 3.46. The summed E-state index contributed by atoms with van der Waals surface area (Å²) in [6, 6.07) is 22.3. The summed E-state index contributed by atoms with van der Waals surface area (Å²) in [4.78, 5) is 24.4. The van der Waals surface area contributed by atoms with Crippen LogP contribution >= 0.6 is 0 Å². The summed E-state index contributed by atoms with van der Waals surface area (Å²) in [6.07, 6.45) is 1.87. The van der Waals surface area contributed by atoms with Gasteiger partial charge in [-0.05, 0) is 48.9 Å². The molecule has 1 heterocycles. The number of carbonyl (C=O) groups is 2. The first-order chi connectivity index (χ1) is 15.9. The van der Waals surface area contributed by atoms with Crippen molar-refractivity contribution in [2.75, 3.05) is 12.4 Å². The molecule has 0 aliphatic rings. The van der Waals surface area contributed by atoms with Crippen molar-refractivity contribution in [3.8, 4) is 22.7 Å². The van der Waals surface area contributed by atoms with E-state index in [-0.39, 0.29) is 12.3 Å². The van der Waals surface area contributed by atoms with E-state index >= 15 is 0 Å². The topological polar surface area (TPSA) is 99.2 Å². The third-order valence-electron chi connectivity index (χ3n) is 5.19. The Balaban J connectivity index is 1.69. The molecule has 4 aromatic rings. The number of hydrogen-bond acceptors (Lipinski definition) is 4. The second kappa shape index (κ2) is 9.40. The number of rotatable bonds is 7. The highest BCUT2D eigenvalue weighted by Crippen LogP contribution is 2.28. The summed E-state index contributed by atoms with van der Waals surface area (Å²) in [7, 11) is 1.60. The number of hydrogen-bond donors (Lipinski definition) is 2. The number of ether oxygens (including phenoxy) is 1. The molecule has 0 aliphatic heterocycles.